The quantitative estimate of drug-likeness (QED) is 0.743. The van der Waals surface area contributed by atoms with Gasteiger partial charge in [0.05, 0.1) is 10.4 Å². The van der Waals surface area contributed by atoms with Crippen LogP contribution in [0.15, 0.2) is 41.4 Å². The summed E-state index contributed by atoms with van der Waals surface area (Å²) < 4.78 is 22.5. The van der Waals surface area contributed by atoms with Crippen LogP contribution in [0.5, 0.6) is 0 Å². The van der Waals surface area contributed by atoms with E-state index < -0.39 is 10.0 Å². The highest BCUT2D eigenvalue weighted by Crippen LogP contribution is 2.16. The van der Waals surface area contributed by atoms with Crippen molar-refractivity contribution in [2.75, 3.05) is 0 Å². The SMILES string of the molecule is O=S(=O)(NO)c1ccc2cccnc2c1. The minimum absolute atomic E-state index is 0.0174. The van der Waals surface area contributed by atoms with Gasteiger partial charge in [0.1, 0.15) is 0 Å². The normalized spacial score (nSPS) is 11.8. The van der Waals surface area contributed by atoms with E-state index in [0.29, 0.717) is 5.52 Å². The van der Waals surface area contributed by atoms with E-state index in [1.54, 1.807) is 18.3 Å². The van der Waals surface area contributed by atoms with Crippen molar-refractivity contribution in [3.8, 4) is 0 Å². The molecule has 5 nitrogen and oxygen atoms in total. The second-order valence-electron chi connectivity index (χ2n) is 2.95. The molecule has 2 aromatic rings. The third-order valence-electron chi connectivity index (χ3n) is 2.01. The Hall–Kier alpha value is -1.50. The van der Waals surface area contributed by atoms with Gasteiger partial charge in [-0.25, -0.2) is 8.42 Å². The van der Waals surface area contributed by atoms with Gasteiger partial charge in [-0.05, 0) is 18.2 Å². The van der Waals surface area contributed by atoms with E-state index in [1.807, 2.05) is 6.07 Å². The van der Waals surface area contributed by atoms with E-state index in [4.69, 9.17) is 5.21 Å². The molecule has 0 bridgehead atoms. The number of pyridine rings is 1. The summed E-state index contributed by atoms with van der Waals surface area (Å²) in [5.41, 5.74) is 0.564. The summed E-state index contributed by atoms with van der Waals surface area (Å²) in [6.07, 6.45) is 1.57. The Morgan fingerprint density at radius 2 is 2.07 bits per heavy atom. The minimum Gasteiger partial charge on any atom is -0.302 e. The molecule has 0 radical (unpaired) electrons. The molecule has 0 spiro atoms. The Morgan fingerprint density at radius 1 is 1.27 bits per heavy atom. The smallest absolute Gasteiger partial charge is 0.262 e. The molecule has 0 aliphatic heterocycles. The molecular formula is C9H8N2O3S. The fraction of sp³-hybridized carbons (Fsp3) is 0. The zero-order chi connectivity index (χ0) is 10.9. The van der Waals surface area contributed by atoms with Crippen molar-refractivity contribution >= 4 is 20.9 Å². The predicted octanol–water partition coefficient (Wildman–Crippen LogP) is 0.902. The molecule has 1 aromatic heterocycles. The number of nitrogens with one attached hydrogen (secondary N) is 1. The molecule has 0 aliphatic carbocycles. The average Bonchev–Trinajstić information content (AvgIpc) is 2.28. The summed E-state index contributed by atoms with van der Waals surface area (Å²) in [7, 11) is -3.82. The van der Waals surface area contributed by atoms with Crippen molar-refractivity contribution < 1.29 is 13.6 Å². The maximum atomic E-state index is 11.3. The lowest BCUT2D eigenvalue weighted by molar-refractivity contribution is 0.242. The van der Waals surface area contributed by atoms with Crippen LogP contribution in [0, 0.1) is 0 Å². The van der Waals surface area contributed by atoms with Crippen LogP contribution in [0.4, 0.5) is 0 Å². The number of hydrogen-bond acceptors (Lipinski definition) is 4. The molecule has 0 fully saturated rings. The van der Waals surface area contributed by atoms with Gasteiger partial charge in [0, 0.05) is 11.6 Å². The molecule has 0 atom stereocenters. The van der Waals surface area contributed by atoms with Crippen molar-refractivity contribution in [1.29, 1.82) is 0 Å². The first-order chi connectivity index (χ1) is 7.13. The predicted molar refractivity (Wildman–Crippen MR) is 53.9 cm³/mol. The fourth-order valence-electron chi connectivity index (χ4n) is 1.27. The average molecular weight is 224 g/mol. The highest BCUT2D eigenvalue weighted by molar-refractivity contribution is 7.89. The van der Waals surface area contributed by atoms with Crippen LogP contribution in [0.3, 0.4) is 0 Å². The summed E-state index contributed by atoms with van der Waals surface area (Å²) in [6, 6.07) is 8.02. The molecule has 6 heteroatoms. The van der Waals surface area contributed by atoms with E-state index in [1.165, 1.54) is 17.0 Å². The van der Waals surface area contributed by atoms with E-state index in [2.05, 4.69) is 4.98 Å². The first-order valence-electron chi connectivity index (χ1n) is 4.14. The molecular weight excluding hydrogens is 216 g/mol. The van der Waals surface area contributed by atoms with Crippen molar-refractivity contribution in [1.82, 2.24) is 9.87 Å². The summed E-state index contributed by atoms with van der Waals surface area (Å²) in [5, 5.41) is 9.30. The Labute approximate surface area is 86.4 Å². The first kappa shape index (κ1) is 10.0. The van der Waals surface area contributed by atoms with Gasteiger partial charge in [0.2, 0.25) is 0 Å². The second-order valence-corrected chi connectivity index (χ2v) is 4.61. The first-order valence-corrected chi connectivity index (χ1v) is 5.62. The number of benzene rings is 1. The lowest BCUT2D eigenvalue weighted by atomic mass is 10.2. The van der Waals surface area contributed by atoms with Crippen LogP contribution in [-0.2, 0) is 10.0 Å². The lowest BCUT2D eigenvalue weighted by Crippen LogP contribution is -2.19. The Morgan fingerprint density at radius 3 is 2.80 bits per heavy atom. The van der Waals surface area contributed by atoms with E-state index in [-0.39, 0.29) is 4.90 Å². The minimum atomic E-state index is -3.82. The van der Waals surface area contributed by atoms with Gasteiger partial charge >= 0.3 is 0 Å². The standard InChI is InChI=1S/C9H8N2O3S/c12-11-15(13,14)8-4-3-7-2-1-5-10-9(7)6-8/h1-6,11-12H. The van der Waals surface area contributed by atoms with Crippen molar-refractivity contribution in [2.45, 2.75) is 4.90 Å². The highest BCUT2D eigenvalue weighted by Gasteiger charge is 2.12. The monoisotopic (exact) mass is 224 g/mol. The zero-order valence-corrected chi connectivity index (χ0v) is 8.40. The number of hydrogen-bond donors (Lipinski definition) is 2. The van der Waals surface area contributed by atoms with Crippen LogP contribution >= 0.6 is 0 Å². The van der Waals surface area contributed by atoms with Gasteiger partial charge in [-0.3, -0.25) is 4.98 Å². The number of fused-ring (bicyclic) bond motifs is 1. The summed E-state index contributed by atoms with van der Waals surface area (Å²) in [6.45, 7) is 0. The van der Waals surface area contributed by atoms with Crippen LogP contribution in [0.1, 0.15) is 0 Å². The molecule has 0 amide bonds. The highest BCUT2D eigenvalue weighted by atomic mass is 32.2. The molecule has 2 rings (SSSR count). The van der Waals surface area contributed by atoms with Gasteiger partial charge in [-0.15, -0.1) is 0 Å². The van der Waals surface area contributed by atoms with E-state index in [0.717, 1.165) is 5.39 Å². The third kappa shape index (κ3) is 1.82. The molecule has 0 aliphatic rings. The van der Waals surface area contributed by atoms with Gasteiger partial charge in [-0.1, -0.05) is 17.0 Å². The third-order valence-corrected chi connectivity index (χ3v) is 3.12. The van der Waals surface area contributed by atoms with Crippen molar-refractivity contribution in [2.24, 2.45) is 0 Å². The van der Waals surface area contributed by atoms with Crippen molar-refractivity contribution in [3.05, 3.63) is 36.5 Å². The number of nitrogens with zero attached hydrogens (tertiary/aromatic N) is 1. The second kappa shape index (κ2) is 3.58. The molecule has 78 valence electrons. The van der Waals surface area contributed by atoms with Crippen LogP contribution in [0.25, 0.3) is 10.9 Å². The molecule has 15 heavy (non-hydrogen) atoms. The fourth-order valence-corrected chi connectivity index (χ4v) is 1.89. The van der Waals surface area contributed by atoms with Gasteiger partial charge in [0.15, 0.2) is 0 Å². The molecule has 1 heterocycles. The number of aromatic nitrogens is 1. The maximum absolute atomic E-state index is 11.3. The lowest BCUT2D eigenvalue weighted by Gasteiger charge is -2.02. The Kier molecular flexibility index (Phi) is 2.39. The van der Waals surface area contributed by atoms with Crippen LogP contribution < -0.4 is 4.89 Å². The Balaban J connectivity index is 2.67. The molecule has 2 N–H and O–H groups in total. The summed E-state index contributed by atoms with van der Waals surface area (Å²) >= 11 is 0. The summed E-state index contributed by atoms with van der Waals surface area (Å²) in [5.74, 6) is 0. The maximum Gasteiger partial charge on any atom is 0.262 e. The largest absolute Gasteiger partial charge is 0.302 e. The van der Waals surface area contributed by atoms with Gasteiger partial charge in [0.25, 0.3) is 10.0 Å². The molecule has 0 unspecified atom stereocenters. The Bertz CT molecular complexity index is 595. The van der Waals surface area contributed by atoms with Gasteiger partial charge < -0.3 is 5.21 Å². The topological polar surface area (TPSA) is 79.3 Å². The number of rotatable bonds is 2. The van der Waals surface area contributed by atoms with E-state index in [9.17, 15) is 8.42 Å². The van der Waals surface area contributed by atoms with Gasteiger partial charge in [-0.2, -0.15) is 0 Å². The van der Waals surface area contributed by atoms with Crippen molar-refractivity contribution in [3.63, 3.8) is 0 Å². The molecule has 1 aromatic carbocycles. The van der Waals surface area contributed by atoms with Crippen LogP contribution in [-0.4, -0.2) is 18.6 Å². The van der Waals surface area contributed by atoms with Crippen LogP contribution in [0.2, 0.25) is 0 Å². The molecule has 0 saturated carbocycles. The summed E-state index contributed by atoms with van der Waals surface area (Å²) in [4.78, 5) is 5.27. The molecule has 0 saturated heterocycles. The van der Waals surface area contributed by atoms with E-state index >= 15 is 0 Å². The number of sulfonamides is 1. The zero-order valence-electron chi connectivity index (χ0n) is 7.58.